The quantitative estimate of drug-likeness (QED) is 0.801. The number of benzene rings is 1. The first-order valence-electron chi connectivity index (χ1n) is 6.52. The van der Waals surface area contributed by atoms with E-state index in [0.717, 1.165) is 12.8 Å². The fraction of sp³-hybridized carbons (Fsp3) is 0.600. The van der Waals surface area contributed by atoms with Crippen molar-refractivity contribution in [1.82, 2.24) is 0 Å². The monoisotopic (exact) mass is 218 g/mol. The number of hydrogen-bond donors (Lipinski definition) is 1. The van der Waals surface area contributed by atoms with Crippen LogP contribution < -0.4 is 0 Å². The number of rotatable bonds is 5. The van der Waals surface area contributed by atoms with E-state index in [2.05, 4.69) is 38.1 Å². The average molecular weight is 218 g/mol. The summed E-state index contributed by atoms with van der Waals surface area (Å²) in [5.41, 5.74) is 2.80. The van der Waals surface area contributed by atoms with Crippen LogP contribution in [-0.2, 0) is 6.42 Å². The Bertz CT molecular complexity index is 341. The second kappa shape index (κ2) is 5.01. The van der Waals surface area contributed by atoms with Crippen molar-refractivity contribution >= 4 is 0 Å². The minimum Gasteiger partial charge on any atom is -0.392 e. The molecule has 0 aromatic heterocycles. The lowest BCUT2D eigenvalue weighted by molar-refractivity contribution is 0.103. The molecule has 1 aliphatic carbocycles. The molecule has 0 saturated heterocycles. The Kier molecular flexibility index (Phi) is 3.65. The van der Waals surface area contributed by atoms with Gasteiger partial charge in [-0.1, -0.05) is 51.0 Å². The van der Waals surface area contributed by atoms with E-state index >= 15 is 0 Å². The molecule has 0 aliphatic heterocycles. The van der Waals surface area contributed by atoms with Crippen LogP contribution in [0, 0.1) is 5.92 Å². The molecule has 16 heavy (non-hydrogen) atoms. The summed E-state index contributed by atoms with van der Waals surface area (Å²) in [4.78, 5) is 0. The summed E-state index contributed by atoms with van der Waals surface area (Å²) < 4.78 is 0. The van der Waals surface area contributed by atoms with Crippen molar-refractivity contribution in [1.29, 1.82) is 0 Å². The predicted octanol–water partition coefficient (Wildman–Crippen LogP) is 3.51. The lowest BCUT2D eigenvalue weighted by Gasteiger charge is -2.35. The molecule has 1 aromatic carbocycles. The van der Waals surface area contributed by atoms with E-state index in [1.165, 1.54) is 24.0 Å². The van der Waals surface area contributed by atoms with Gasteiger partial charge in [0.05, 0.1) is 6.10 Å². The van der Waals surface area contributed by atoms with Gasteiger partial charge in [0.1, 0.15) is 0 Å². The lowest BCUT2D eigenvalue weighted by Crippen LogP contribution is -2.30. The Hall–Kier alpha value is -0.820. The molecule has 0 spiro atoms. The zero-order valence-electron chi connectivity index (χ0n) is 10.3. The van der Waals surface area contributed by atoms with E-state index in [4.69, 9.17) is 0 Å². The van der Waals surface area contributed by atoms with Crippen LogP contribution in [0.15, 0.2) is 24.3 Å². The van der Waals surface area contributed by atoms with Gasteiger partial charge >= 0.3 is 0 Å². The van der Waals surface area contributed by atoms with E-state index in [1.807, 2.05) is 0 Å². The summed E-state index contributed by atoms with van der Waals surface area (Å²) in [6.45, 7) is 4.44. The molecule has 0 heterocycles. The number of aliphatic hydroxyl groups is 1. The van der Waals surface area contributed by atoms with Crippen molar-refractivity contribution in [2.75, 3.05) is 0 Å². The highest BCUT2D eigenvalue weighted by Crippen LogP contribution is 2.39. The second-order valence-corrected chi connectivity index (χ2v) is 5.00. The summed E-state index contributed by atoms with van der Waals surface area (Å²) in [6.07, 6.45) is 4.26. The molecule has 1 aliphatic rings. The van der Waals surface area contributed by atoms with Gasteiger partial charge in [0.25, 0.3) is 0 Å². The van der Waals surface area contributed by atoms with Gasteiger partial charge < -0.3 is 5.11 Å². The summed E-state index contributed by atoms with van der Waals surface area (Å²) >= 11 is 0. The molecule has 2 rings (SSSR count). The van der Waals surface area contributed by atoms with Crippen LogP contribution >= 0.6 is 0 Å². The van der Waals surface area contributed by atoms with Crippen molar-refractivity contribution in [3.05, 3.63) is 35.4 Å². The van der Waals surface area contributed by atoms with E-state index in [-0.39, 0.29) is 6.10 Å². The highest BCUT2D eigenvalue weighted by molar-refractivity contribution is 5.40. The van der Waals surface area contributed by atoms with Crippen LogP contribution in [0.3, 0.4) is 0 Å². The molecule has 2 atom stereocenters. The van der Waals surface area contributed by atoms with Crippen molar-refractivity contribution in [2.45, 2.75) is 51.6 Å². The minimum absolute atomic E-state index is 0.139. The largest absolute Gasteiger partial charge is 0.392 e. The molecule has 1 heteroatoms. The van der Waals surface area contributed by atoms with Crippen molar-refractivity contribution in [2.24, 2.45) is 5.92 Å². The Morgan fingerprint density at radius 3 is 2.56 bits per heavy atom. The molecule has 1 nitrogen and oxygen atoms in total. The SMILES string of the molecule is CCC(CC)CC(O)C1Cc2ccccc21. The van der Waals surface area contributed by atoms with Crippen LogP contribution in [0.5, 0.6) is 0 Å². The van der Waals surface area contributed by atoms with Crippen molar-refractivity contribution < 1.29 is 5.11 Å². The van der Waals surface area contributed by atoms with Gasteiger partial charge in [-0.05, 0) is 29.9 Å². The van der Waals surface area contributed by atoms with Crippen LogP contribution in [0.4, 0.5) is 0 Å². The number of fused-ring (bicyclic) bond motifs is 1. The number of hydrogen-bond acceptors (Lipinski definition) is 1. The van der Waals surface area contributed by atoms with Gasteiger partial charge in [-0.3, -0.25) is 0 Å². The summed E-state index contributed by atoms with van der Waals surface area (Å²) in [6, 6.07) is 8.51. The Morgan fingerprint density at radius 2 is 1.94 bits per heavy atom. The normalized spacial score (nSPS) is 20.4. The van der Waals surface area contributed by atoms with Gasteiger partial charge in [-0.15, -0.1) is 0 Å². The van der Waals surface area contributed by atoms with Gasteiger partial charge in [0.2, 0.25) is 0 Å². The Morgan fingerprint density at radius 1 is 1.25 bits per heavy atom. The van der Waals surface area contributed by atoms with Crippen molar-refractivity contribution in [3.63, 3.8) is 0 Å². The Balaban J connectivity index is 1.96. The second-order valence-electron chi connectivity index (χ2n) is 5.00. The average Bonchev–Trinajstić information content (AvgIpc) is 2.27. The maximum absolute atomic E-state index is 10.2. The summed E-state index contributed by atoms with van der Waals surface area (Å²) in [5.74, 6) is 1.08. The van der Waals surface area contributed by atoms with Gasteiger partial charge in [-0.25, -0.2) is 0 Å². The van der Waals surface area contributed by atoms with Crippen LogP contribution in [0.25, 0.3) is 0 Å². The Labute approximate surface area is 98.5 Å². The first-order chi connectivity index (χ1) is 7.76. The molecule has 0 radical (unpaired) electrons. The highest BCUT2D eigenvalue weighted by Gasteiger charge is 2.32. The zero-order chi connectivity index (χ0) is 11.5. The smallest absolute Gasteiger partial charge is 0.0614 e. The molecular weight excluding hydrogens is 196 g/mol. The van der Waals surface area contributed by atoms with Crippen LogP contribution in [-0.4, -0.2) is 11.2 Å². The minimum atomic E-state index is -0.139. The fourth-order valence-electron chi connectivity index (χ4n) is 2.77. The van der Waals surface area contributed by atoms with E-state index in [0.29, 0.717) is 11.8 Å². The molecule has 0 amide bonds. The van der Waals surface area contributed by atoms with Crippen molar-refractivity contribution in [3.8, 4) is 0 Å². The fourth-order valence-corrected chi connectivity index (χ4v) is 2.77. The van der Waals surface area contributed by atoms with Gasteiger partial charge in [-0.2, -0.15) is 0 Å². The molecular formula is C15H22O. The third kappa shape index (κ3) is 2.15. The summed E-state index contributed by atoms with van der Waals surface area (Å²) in [7, 11) is 0. The molecule has 1 aromatic rings. The first-order valence-corrected chi connectivity index (χ1v) is 6.52. The molecule has 88 valence electrons. The van der Waals surface area contributed by atoms with Gasteiger partial charge in [0.15, 0.2) is 0 Å². The highest BCUT2D eigenvalue weighted by atomic mass is 16.3. The number of aliphatic hydroxyl groups excluding tert-OH is 1. The van der Waals surface area contributed by atoms with E-state index in [1.54, 1.807) is 0 Å². The first kappa shape index (κ1) is 11.7. The standard InChI is InChI=1S/C15H22O/c1-3-11(4-2)9-15(16)14-10-12-7-5-6-8-13(12)14/h5-8,11,14-16H,3-4,9-10H2,1-2H3. The third-order valence-corrected chi connectivity index (χ3v) is 4.09. The van der Waals surface area contributed by atoms with Crippen LogP contribution in [0.1, 0.15) is 50.2 Å². The van der Waals surface area contributed by atoms with Crippen LogP contribution in [0.2, 0.25) is 0 Å². The molecule has 0 bridgehead atoms. The lowest BCUT2D eigenvalue weighted by atomic mass is 9.72. The molecule has 0 fully saturated rings. The topological polar surface area (TPSA) is 20.2 Å². The maximum atomic E-state index is 10.2. The van der Waals surface area contributed by atoms with E-state index < -0.39 is 0 Å². The maximum Gasteiger partial charge on any atom is 0.0614 e. The predicted molar refractivity (Wildman–Crippen MR) is 67.6 cm³/mol. The zero-order valence-corrected chi connectivity index (χ0v) is 10.3. The summed E-state index contributed by atoms with van der Waals surface area (Å²) in [5, 5.41) is 10.2. The molecule has 0 saturated carbocycles. The third-order valence-electron chi connectivity index (χ3n) is 4.09. The molecule has 1 N–H and O–H groups in total. The van der Waals surface area contributed by atoms with E-state index in [9.17, 15) is 5.11 Å². The van der Waals surface area contributed by atoms with Gasteiger partial charge in [0, 0.05) is 5.92 Å². The molecule has 2 unspecified atom stereocenters.